The van der Waals surface area contributed by atoms with E-state index in [1.165, 1.54) is 0 Å². The summed E-state index contributed by atoms with van der Waals surface area (Å²) in [5.74, 6) is 0.204. The Hall–Kier alpha value is -3.86. The maximum absolute atomic E-state index is 12.3. The summed E-state index contributed by atoms with van der Waals surface area (Å²) in [6, 6.07) is 11.7. The van der Waals surface area contributed by atoms with E-state index in [-0.39, 0.29) is 11.9 Å². The lowest BCUT2D eigenvalue weighted by molar-refractivity contribution is 0.102. The Morgan fingerprint density at radius 1 is 1.38 bits per heavy atom. The number of fused-ring (bicyclic) bond motifs is 1. The normalized spacial score (nSPS) is 12.9. The van der Waals surface area contributed by atoms with Gasteiger partial charge < -0.3 is 15.4 Å². The third kappa shape index (κ3) is 3.38. The molecule has 4 rings (SSSR count). The molecule has 1 aliphatic rings. The highest BCUT2D eigenvalue weighted by molar-refractivity contribution is 5.81. The number of aromatic nitrogens is 3. The van der Waals surface area contributed by atoms with Gasteiger partial charge in [0.2, 0.25) is 0 Å². The van der Waals surface area contributed by atoms with Crippen molar-refractivity contribution in [1.29, 1.82) is 5.26 Å². The fourth-order valence-electron chi connectivity index (χ4n) is 3.61. The number of rotatable bonds is 3. The number of nitrogen functional groups attached to an aromatic ring is 1. The van der Waals surface area contributed by atoms with E-state index in [0.29, 0.717) is 37.2 Å². The van der Waals surface area contributed by atoms with Crippen LogP contribution in [0.4, 0.5) is 10.6 Å². The molecule has 2 aromatic heterocycles. The van der Waals surface area contributed by atoms with Crippen LogP contribution in [-0.4, -0.2) is 38.9 Å². The molecule has 29 heavy (non-hydrogen) atoms. The van der Waals surface area contributed by atoms with E-state index in [9.17, 15) is 10.1 Å². The van der Waals surface area contributed by atoms with E-state index in [2.05, 4.69) is 16.2 Å². The van der Waals surface area contributed by atoms with E-state index in [4.69, 9.17) is 10.5 Å². The minimum atomic E-state index is -0.371. The first-order valence-corrected chi connectivity index (χ1v) is 9.35. The van der Waals surface area contributed by atoms with Crippen LogP contribution in [0.1, 0.15) is 23.7 Å². The molecule has 0 fully saturated rings. The molecule has 3 aromatic rings. The van der Waals surface area contributed by atoms with Crippen LogP contribution >= 0.6 is 0 Å². The highest BCUT2D eigenvalue weighted by Crippen LogP contribution is 2.36. The lowest BCUT2D eigenvalue weighted by Gasteiger charge is -2.30. The van der Waals surface area contributed by atoms with E-state index in [1.54, 1.807) is 22.7 Å². The molecule has 0 spiro atoms. The number of hydrogen-bond donors (Lipinski definition) is 1. The van der Waals surface area contributed by atoms with Crippen molar-refractivity contribution in [3.05, 3.63) is 59.5 Å². The molecular weight excluding hydrogens is 368 g/mol. The first kappa shape index (κ1) is 18.5. The van der Waals surface area contributed by atoms with Crippen LogP contribution in [0.25, 0.3) is 16.8 Å². The third-order valence-corrected chi connectivity index (χ3v) is 4.92. The van der Waals surface area contributed by atoms with Crippen LogP contribution in [0.5, 0.6) is 0 Å². The van der Waals surface area contributed by atoms with Crippen LogP contribution in [0, 0.1) is 11.3 Å². The summed E-state index contributed by atoms with van der Waals surface area (Å²) in [5.41, 5.74) is 10.4. The van der Waals surface area contributed by atoms with Gasteiger partial charge in [-0.2, -0.15) is 10.4 Å². The Balaban J connectivity index is 1.86. The molecule has 0 saturated carbocycles. The van der Waals surface area contributed by atoms with Gasteiger partial charge >= 0.3 is 6.09 Å². The fourth-order valence-corrected chi connectivity index (χ4v) is 3.61. The molecule has 0 aliphatic carbocycles. The van der Waals surface area contributed by atoms with Crippen molar-refractivity contribution in [1.82, 2.24) is 19.7 Å². The van der Waals surface area contributed by atoms with Crippen LogP contribution in [0.15, 0.2) is 42.7 Å². The number of nitrogens with two attached hydrogens (primary N) is 1. The lowest BCUT2D eigenvalue weighted by atomic mass is 9.91. The highest BCUT2D eigenvalue weighted by Gasteiger charge is 2.28. The molecule has 146 valence electrons. The molecule has 0 bridgehead atoms. The van der Waals surface area contributed by atoms with Crippen molar-refractivity contribution >= 4 is 11.9 Å². The summed E-state index contributed by atoms with van der Waals surface area (Å²) < 4.78 is 6.90. The fraction of sp³-hybridized carbons (Fsp3) is 0.238. The van der Waals surface area contributed by atoms with Crippen molar-refractivity contribution in [3.63, 3.8) is 0 Å². The summed E-state index contributed by atoms with van der Waals surface area (Å²) >= 11 is 0. The van der Waals surface area contributed by atoms with E-state index in [0.717, 1.165) is 22.5 Å². The first-order valence-electron chi connectivity index (χ1n) is 9.35. The third-order valence-electron chi connectivity index (χ3n) is 4.92. The number of carbonyl (C=O) groups is 1. The zero-order valence-corrected chi connectivity index (χ0v) is 16.0. The Kier molecular flexibility index (Phi) is 4.87. The number of nitriles is 1. The largest absolute Gasteiger partial charge is 0.450 e. The lowest BCUT2D eigenvalue weighted by Crippen LogP contribution is -2.37. The van der Waals surface area contributed by atoms with Gasteiger partial charge in [0.25, 0.3) is 0 Å². The molecular formula is C21H20N6O2. The predicted octanol–water partition coefficient (Wildman–Crippen LogP) is 2.90. The first-order chi connectivity index (χ1) is 14.1. The van der Waals surface area contributed by atoms with Gasteiger partial charge in [-0.05, 0) is 30.7 Å². The summed E-state index contributed by atoms with van der Waals surface area (Å²) in [5, 5.41) is 14.1. The SMILES string of the molecule is CCOC(=O)N1CCc2nc(N)c(C#N)c(-c3cccc(-n4cccn4)c3)c2C1. The van der Waals surface area contributed by atoms with Gasteiger partial charge in [0, 0.05) is 36.5 Å². The predicted molar refractivity (Wildman–Crippen MR) is 107 cm³/mol. The number of nitrogens with zero attached hydrogens (tertiary/aromatic N) is 5. The number of benzene rings is 1. The second kappa shape index (κ2) is 7.64. The van der Waals surface area contributed by atoms with Crippen molar-refractivity contribution in [2.24, 2.45) is 0 Å². The molecule has 8 nitrogen and oxygen atoms in total. The highest BCUT2D eigenvalue weighted by atomic mass is 16.6. The number of pyridine rings is 1. The average molecular weight is 388 g/mol. The average Bonchev–Trinajstić information content (AvgIpc) is 3.27. The molecule has 0 atom stereocenters. The van der Waals surface area contributed by atoms with Crippen LogP contribution in [-0.2, 0) is 17.7 Å². The van der Waals surface area contributed by atoms with Crippen LogP contribution in [0.3, 0.4) is 0 Å². The summed E-state index contributed by atoms with van der Waals surface area (Å²) in [6.45, 7) is 2.90. The molecule has 0 unspecified atom stereocenters. The van der Waals surface area contributed by atoms with Gasteiger partial charge in [-0.1, -0.05) is 12.1 Å². The smallest absolute Gasteiger partial charge is 0.410 e. The van der Waals surface area contributed by atoms with Crippen molar-refractivity contribution < 1.29 is 9.53 Å². The summed E-state index contributed by atoms with van der Waals surface area (Å²) in [6.07, 6.45) is 3.74. The topological polar surface area (TPSA) is 110 Å². The Labute approximate surface area is 168 Å². The van der Waals surface area contributed by atoms with Gasteiger partial charge in [0.15, 0.2) is 0 Å². The summed E-state index contributed by atoms with van der Waals surface area (Å²) in [4.78, 5) is 18.3. The molecule has 2 N–H and O–H groups in total. The van der Waals surface area contributed by atoms with Gasteiger partial charge in [-0.25, -0.2) is 14.5 Å². The number of amides is 1. The van der Waals surface area contributed by atoms with E-state index >= 15 is 0 Å². The number of hydrogen-bond acceptors (Lipinski definition) is 6. The van der Waals surface area contributed by atoms with E-state index in [1.807, 2.05) is 36.5 Å². The molecule has 0 saturated heterocycles. The van der Waals surface area contributed by atoms with Gasteiger partial charge in [0.1, 0.15) is 17.5 Å². The second-order valence-corrected chi connectivity index (χ2v) is 6.66. The van der Waals surface area contributed by atoms with Crippen molar-refractivity contribution in [2.45, 2.75) is 19.9 Å². The summed E-state index contributed by atoms with van der Waals surface area (Å²) in [7, 11) is 0. The van der Waals surface area contributed by atoms with Crippen molar-refractivity contribution in [2.75, 3.05) is 18.9 Å². The Morgan fingerprint density at radius 2 is 2.24 bits per heavy atom. The maximum Gasteiger partial charge on any atom is 0.410 e. The zero-order chi connectivity index (χ0) is 20.4. The molecule has 1 amide bonds. The van der Waals surface area contributed by atoms with Crippen molar-refractivity contribution in [3.8, 4) is 22.9 Å². The Morgan fingerprint density at radius 3 is 2.97 bits per heavy atom. The number of carbonyl (C=O) groups excluding carboxylic acids is 1. The van der Waals surface area contributed by atoms with Crippen LogP contribution < -0.4 is 5.73 Å². The molecule has 1 aromatic carbocycles. The van der Waals surface area contributed by atoms with Gasteiger partial charge in [0.05, 0.1) is 24.5 Å². The number of anilines is 1. The van der Waals surface area contributed by atoms with Gasteiger partial charge in [-0.15, -0.1) is 0 Å². The van der Waals surface area contributed by atoms with E-state index < -0.39 is 0 Å². The maximum atomic E-state index is 12.3. The molecule has 3 heterocycles. The number of ether oxygens (including phenoxy) is 1. The quantitative estimate of drug-likeness (QED) is 0.739. The standard InChI is InChI=1S/C21H20N6O2/c1-2-29-21(28)26-10-7-18-17(13-26)19(16(12-22)20(23)25-18)14-5-3-6-15(11-14)27-9-4-8-24-27/h3-6,8-9,11H,2,7,10,13H2,1H3,(H2,23,25). The molecule has 1 aliphatic heterocycles. The van der Waals surface area contributed by atoms with Gasteiger partial charge in [-0.3, -0.25) is 0 Å². The zero-order valence-electron chi connectivity index (χ0n) is 16.0. The molecule has 8 heteroatoms. The second-order valence-electron chi connectivity index (χ2n) is 6.66. The molecule has 0 radical (unpaired) electrons. The minimum Gasteiger partial charge on any atom is -0.450 e. The monoisotopic (exact) mass is 388 g/mol. The Bertz CT molecular complexity index is 1100. The minimum absolute atomic E-state index is 0.204. The van der Waals surface area contributed by atoms with Crippen LogP contribution in [0.2, 0.25) is 0 Å².